The van der Waals surface area contributed by atoms with Crippen LogP contribution in [-0.2, 0) is 28.9 Å². The Hall–Kier alpha value is -4.17. The average Bonchev–Trinajstić information content (AvgIpc) is 3.39. The molecule has 0 spiro atoms. The molecule has 40 heavy (non-hydrogen) atoms. The molecule has 0 unspecified atom stereocenters. The topological polar surface area (TPSA) is 77.7 Å². The first-order valence-electron chi connectivity index (χ1n) is 13.7. The number of benzene rings is 3. The van der Waals surface area contributed by atoms with Crippen LogP contribution in [0.15, 0.2) is 79.0 Å². The number of H-pyrrole nitrogens is 1. The lowest BCUT2D eigenvalue weighted by Gasteiger charge is -2.28. The fraction of sp³-hybridized carbons (Fsp3) is 0.312. The predicted molar refractivity (Wildman–Crippen MR) is 157 cm³/mol. The summed E-state index contributed by atoms with van der Waals surface area (Å²) < 4.78 is 18.7. The lowest BCUT2D eigenvalue weighted by atomic mass is 10.1. The van der Waals surface area contributed by atoms with Gasteiger partial charge in [-0.3, -0.25) is 4.79 Å². The van der Waals surface area contributed by atoms with E-state index < -0.39 is 0 Å². The molecule has 210 valence electrons. The molecule has 0 atom stereocenters. The highest BCUT2D eigenvalue weighted by atomic mass is 19.1. The summed E-state index contributed by atoms with van der Waals surface area (Å²) >= 11 is 0. The van der Waals surface area contributed by atoms with Crippen LogP contribution in [0, 0.1) is 5.82 Å². The molecule has 4 aromatic rings. The van der Waals surface area contributed by atoms with Crippen LogP contribution in [-0.4, -0.2) is 60.1 Å². The third-order valence-electron chi connectivity index (χ3n) is 6.94. The lowest BCUT2D eigenvalue weighted by Crippen LogP contribution is -2.45. The van der Waals surface area contributed by atoms with Crippen molar-refractivity contribution in [3.8, 4) is 0 Å². The van der Waals surface area contributed by atoms with E-state index in [0.29, 0.717) is 44.8 Å². The van der Waals surface area contributed by atoms with Crippen LogP contribution in [0.5, 0.6) is 0 Å². The second-order valence-electron chi connectivity index (χ2n) is 9.80. The van der Waals surface area contributed by atoms with Crippen molar-refractivity contribution >= 4 is 28.5 Å². The number of ether oxygens (including phenoxy) is 1. The molecule has 0 aliphatic carbocycles. The van der Waals surface area contributed by atoms with E-state index in [-0.39, 0.29) is 24.3 Å². The van der Waals surface area contributed by atoms with E-state index in [0.717, 1.165) is 34.0 Å². The van der Waals surface area contributed by atoms with Gasteiger partial charge in [-0.05, 0) is 66.3 Å². The zero-order valence-electron chi connectivity index (χ0n) is 23.2. The van der Waals surface area contributed by atoms with E-state index in [9.17, 15) is 14.0 Å². The monoisotopic (exact) mass is 544 g/mol. The first-order chi connectivity index (χ1) is 19.5. The maximum Gasteiger partial charge on any atom is 0.322 e. The van der Waals surface area contributed by atoms with E-state index in [2.05, 4.69) is 23.3 Å². The van der Waals surface area contributed by atoms with Crippen molar-refractivity contribution in [3.63, 3.8) is 0 Å². The molecule has 1 heterocycles. The second-order valence-corrected chi connectivity index (χ2v) is 9.80. The smallest absolute Gasteiger partial charge is 0.322 e. The highest BCUT2D eigenvalue weighted by Crippen LogP contribution is 2.19. The van der Waals surface area contributed by atoms with Gasteiger partial charge in [0.1, 0.15) is 12.4 Å². The average molecular weight is 545 g/mol. The molecule has 0 radical (unpaired) electrons. The number of halogens is 1. The number of para-hydroxylation sites is 1. The summed E-state index contributed by atoms with van der Waals surface area (Å²) in [4.78, 5) is 33.6. The van der Waals surface area contributed by atoms with Gasteiger partial charge in [0.2, 0.25) is 5.91 Å². The van der Waals surface area contributed by atoms with Gasteiger partial charge in [0.25, 0.3) is 0 Å². The van der Waals surface area contributed by atoms with Crippen molar-refractivity contribution in [1.82, 2.24) is 14.8 Å². The summed E-state index contributed by atoms with van der Waals surface area (Å²) in [6.07, 6.45) is 4.06. The van der Waals surface area contributed by atoms with E-state index in [1.54, 1.807) is 24.1 Å². The quantitative estimate of drug-likeness (QED) is 0.202. The van der Waals surface area contributed by atoms with E-state index in [1.807, 2.05) is 48.7 Å². The van der Waals surface area contributed by atoms with E-state index in [1.165, 1.54) is 17.0 Å². The molecule has 3 aromatic carbocycles. The molecule has 7 nitrogen and oxygen atoms in total. The number of fused-ring (bicyclic) bond motifs is 1. The Bertz CT molecular complexity index is 1400. The molecular formula is C32H37FN4O3. The van der Waals surface area contributed by atoms with Crippen LogP contribution in [0.2, 0.25) is 0 Å². The third-order valence-corrected chi connectivity index (χ3v) is 6.94. The van der Waals surface area contributed by atoms with Crippen molar-refractivity contribution in [2.45, 2.75) is 32.7 Å². The largest absolute Gasteiger partial charge is 0.385 e. The van der Waals surface area contributed by atoms with Gasteiger partial charge in [-0.15, -0.1) is 0 Å². The van der Waals surface area contributed by atoms with Crippen LogP contribution in [0.1, 0.15) is 30.0 Å². The Morgan fingerprint density at radius 1 is 0.950 bits per heavy atom. The number of nitrogens with zero attached hydrogens (tertiary/aromatic N) is 2. The molecular weight excluding hydrogens is 507 g/mol. The number of nitrogens with one attached hydrogen (secondary N) is 2. The fourth-order valence-corrected chi connectivity index (χ4v) is 4.68. The van der Waals surface area contributed by atoms with Crippen LogP contribution < -0.4 is 5.32 Å². The van der Waals surface area contributed by atoms with Gasteiger partial charge in [0.05, 0.1) is 0 Å². The van der Waals surface area contributed by atoms with Crippen molar-refractivity contribution in [3.05, 3.63) is 102 Å². The van der Waals surface area contributed by atoms with Gasteiger partial charge in [0.15, 0.2) is 0 Å². The molecule has 0 aliphatic heterocycles. The molecule has 8 heteroatoms. The molecule has 0 bridgehead atoms. The van der Waals surface area contributed by atoms with Gasteiger partial charge >= 0.3 is 6.03 Å². The normalized spacial score (nSPS) is 11.0. The molecule has 2 N–H and O–H groups in total. The van der Waals surface area contributed by atoms with Crippen LogP contribution >= 0.6 is 0 Å². The molecule has 0 fully saturated rings. The molecule has 3 amide bonds. The minimum Gasteiger partial charge on any atom is -0.385 e. The van der Waals surface area contributed by atoms with E-state index in [4.69, 9.17) is 4.74 Å². The number of urea groups is 1. The first-order valence-corrected chi connectivity index (χ1v) is 13.7. The number of carbonyl (C=O) groups is 2. The lowest BCUT2D eigenvalue weighted by molar-refractivity contribution is -0.132. The number of aryl methyl sites for hydroxylation is 1. The number of aromatic nitrogens is 1. The molecule has 0 saturated heterocycles. The summed E-state index contributed by atoms with van der Waals surface area (Å²) in [5, 5.41) is 4.07. The van der Waals surface area contributed by atoms with Gasteiger partial charge in [-0.1, -0.05) is 49.4 Å². The molecule has 4 rings (SSSR count). The number of hydrogen-bond donors (Lipinski definition) is 2. The summed E-state index contributed by atoms with van der Waals surface area (Å²) in [6.45, 7) is 3.58. The van der Waals surface area contributed by atoms with Crippen molar-refractivity contribution < 1.29 is 18.7 Å². The molecule has 1 aromatic heterocycles. The minimum atomic E-state index is -0.337. The van der Waals surface area contributed by atoms with E-state index >= 15 is 0 Å². The zero-order valence-corrected chi connectivity index (χ0v) is 23.2. The summed E-state index contributed by atoms with van der Waals surface area (Å²) in [5.41, 5.74) is 4.78. The number of aromatic amines is 1. The highest BCUT2D eigenvalue weighted by molar-refractivity contribution is 5.92. The number of carbonyl (C=O) groups excluding carboxylic acids is 2. The van der Waals surface area contributed by atoms with Crippen molar-refractivity contribution in [2.75, 3.05) is 38.7 Å². The van der Waals surface area contributed by atoms with Crippen LogP contribution in [0.3, 0.4) is 0 Å². The fourth-order valence-electron chi connectivity index (χ4n) is 4.68. The number of hydrogen-bond acceptors (Lipinski definition) is 3. The highest BCUT2D eigenvalue weighted by Gasteiger charge is 2.22. The summed E-state index contributed by atoms with van der Waals surface area (Å²) in [6, 6.07) is 21.6. The Balaban J connectivity index is 1.51. The summed E-state index contributed by atoms with van der Waals surface area (Å²) in [7, 11) is 1.61. The Kier molecular flexibility index (Phi) is 10.3. The van der Waals surface area contributed by atoms with Gasteiger partial charge < -0.3 is 24.8 Å². The maximum absolute atomic E-state index is 13.7. The Labute approximate surface area is 234 Å². The first kappa shape index (κ1) is 28.8. The van der Waals surface area contributed by atoms with Gasteiger partial charge in [-0.25, -0.2) is 9.18 Å². The SMILES string of the molecule is CCc1cccc(NC(=O)N(CCCOC)CC(=O)N(CCc2c[nH]c3ccccc23)Cc2ccc(F)cc2)c1. The number of methoxy groups -OCH3 is 1. The summed E-state index contributed by atoms with van der Waals surface area (Å²) in [5.74, 6) is -0.507. The Morgan fingerprint density at radius 2 is 1.75 bits per heavy atom. The van der Waals surface area contributed by atoms with Gasteiger partial charge in [0, 0.05) is 56.1 Å². The second kappa shape index (κ2) is 14.3. The predicted octanol–water partition coefficient (Wildman–Crippen LogP) is 6.01. The van der Waals surface area contributed by atoms with Gasteiger partial charge in [-0.2, -0.15) is 0 Å². The standard InChI is InChI=1S/C32H37FN4O3/c1-3-24-8-6-9-28(20-24)35-32(39)37(17-7-19-40-2)23-31(38)36(22-25-12-14-27(33)15-13-25)18-16-26-21-34-30-11-5-4-10-29(26)30/h4-6,8-15,20-21,34H,3,7,16-19,22-23H2,1-2H3,(H,35,39). The third kappa shape index (κ3) is 7.93. The van der Waals surface area contributed by atoms with Crippen LogP contribution in [0.25, 0.3) is 10.9 Å². The molecule has 0 saturated carbocycles. The zero-order chi connectivity index (χ0) is 28.3. The number of rotatable bonds is 13. The van der Waals surface area contributed by atoms with Crippen molar-refractivity contribution in [1.29, 1.82) is 0 Å². The number of anilines is 1. The molecule has 0 aliphatic rings. The number of amides is 3. The Morgan fingerprint density at radius 3 is 2.52 bits per heavy atom. The van der Waals surface area contributed by atoms with Crippen molar-refractivity contribution in [2.24, 2.45) is 0 Å². The minimum absolute atomic E-state index is 0.0852. The maximum atomic E-state index is 13.7. The van der Waals surface area contributed by atoms with Crippen LogP contribution in [0.4, 0.5) is 14.9 Å².